The molecule has 0 aliphatic heterocycles. The van der Waals surface area contributed by atoms with Crippen molar-refractivity contribution < 1.29 is 57.8 Å². The molecule has 0 saturated heterocycles. The van der Waals surface area contributed by atoms with Crippen LogP contribution in [-0.4, -0.2) is 0 Å². The van der Waals surface area contributed by atoms with Crippen molar-refractivity contribution in [3.8, 4) is 0 Å². The van der Waals surface area contributed by atoms with Crippen molar-refractivity contribution in [3.05, 3.63) is 358 Å². The van der Waals surface area contributed by atoms with Gasteiger partial charge in [-0.2, -0.15) is 0 Å². The first-order valence-corrected chi connectivity index (χ1v) is 33.5. The monoisotopic (exact) mass is 1300 g/mol. The predicted octanol–water partition coefficient (Wildman–Crippen LogP) is 12.3. The molecule has 18 heteroatoms. The fraction of sp³-hybridized carbons (Fsp3) is 0. The van der Waals surface area contributed by atoms with Crippen molar-refractivity contribution in [2.45, 2.75) is 0 Å². The van der Waals surface area contributed by atoms with Crippen LogP contribution in [0.1, 0.15) is 30.6 Å². The highest BCUT2D eigenvalue weighted by atomic mass is 35.7. The molecule has 0 bridgehead atoms. The third kappa shape index (κ3) is 16.1. The number of halogens is 2. The van der Waals surface area contributed by atoms with Crippen molar-refractivity contribution in [1.29, 1.82) is 0 Å². The Balaban J connectivity index is 0.000000775. The maximum Gasteiger partial charge on any atom is 0.110 e. The zero-order valence-electron chi connectivity index (χ0n) is 47.5. The molecule has 0 radical (unpaired) electrons. The van der Waals surface area contributed by atoms with E-state index in [2.05, 4.69) is 335 Å². The maximum atomic E-state index is 8.49. The second kappa shape index (κ2) is 29.1. The Morgan fingerprint density at radius 1 is 0.200 bits per heavy atom. The smallest absolute Gasteiger partial charge is 0.110 e. The van der Waals surface area contributed by atoms with Gasteiger partial charge in [-0.1, -0.05) is 191 Å². The Morgan fingerprint density at radius 2 is 0.344 bits per heavy atom. The van der Waals surface area contributed by atoms with Gasteiger partial charge in [0.25, 0.3) is 0 Å². The summed E-state index contributed by atoms with van der Waals surface area (Å²) >= 11 is 7.27. The van der Waals surface area contributed by atoms with E-state index in [1.165, 1.54) is 31.3 Å². The molecule has 446 valence electrons. The topological polar surface area (TPSA) is 197 Å². The van der Waals surface area contributed by atoms with E-state index < -0.39 is 20.5 Å². The van der Waals surface area contributed by atoms with E-state index in [1.54, 1.807) is 0 Å². The number of thiophene rings is 4. The van der Waals surface area contributed by atoms with Gasteiger partial charge in [0.05, 0.1) is 23.0 Å². The van der Waals surface area contributed by atoms with E-state index in [9.17, 15) is 0 Å². The quantitative estimate of drug-likeness (QED) is 0.0738. The molecule has 0 atom stereocenters. The predicted molar refractivity (Wildman–Crippen MR) is 344 cm³/mol. The van der Waals surface area contributed by atoms with Crippen molar-refractivity contribution >= 4 is 111 Å². The van der Waals surface area contributed by atoms with Gasteiger partial charge in [0.1, 0.15) is 39.5 Å². The first-order chi connectivity index (χ1) is 43.7. The van der Waals surface area contributed by atoms with Crippen LogP contribution in [0.2, 0.25) is 0 Å². The van der Waals surface area contributed by atoms with Gasteiger partial charge in [-0.15, -0.1) is 20.5 Å². The molecule has 0 aliphatic carbocycles. The minimum absolute atomic E-state index is 1.11. The zero-order valence-corrected chi connectivity index (χ0v) is 52.2. The van der Waals surface area contributed by atoms with Gasteiger partial charge >= 0.3 is 0 Å². The maximum absolute atomic E-state index is 8.49. The molecule has 90 heavy (non-hydrogen) atoms. The largest absolute Gasteiger partial charge is 0.301 e. The first-order valence-electron chi connectivity index (χ1n) is 27.8. The number of hydrogen-bond donors (Lipinski definition) is 0. The number of hydrogen-bond acceptors (Lipinski definition) is 16. The third-order valence-corrected chi connectivity index (χ3v) is 18.2. The number of nitrogens with zero attached hydrogens (tertiary/aromatic N) is 4. The molecular formula is C72H52Cl2N4O8S4. The molecule has 0 N–H and O–H groups in total. The molecule has 12 nitrogen and oxygen atoms in total. The van der Waals surface area contributed by atoms with Crippen molar-refractivity contribution in [1.82, 2.24) is 0 Å². The Bertz CT molecular complexity index is 3590. The van der Waals surface area contributed by atoms with Crippen LogP contribution < -0.4 is 56.9 Å². The average molecular weight is 1300 g/mol. The summed E-state index contributed by atoms with van der Waals surface area (Å²) in [5.41, 5.74) is 11.2. The molecule has 0 aliphatic rings. The van der Waals surface area contributed by atoms with E-state index in [1.807, 2.05) is 45.3 Å². The van der Waals surface area contributed by atoms with Gasteiger partial charge in [0.15, 0.2) is 0 Å². The normalized spacial score (nSPS) is 11.1. The van der Waals surface area contributed by atoms with Crippen LogP contribution in [0.25, 0.3) is 0 Å². The summed E-state index contributed by atoms with van der Waals surface area (Å²) in [7, 11) is -9.89. The number of anilines is 12. The summed E-state index contributed by atoms with van der Waals surface area (Å²) in [6, 6.07) is 113. The standard InChI is InChI=1S/C72H52N4S4.2ClHO4/c1-9-25-55(26-10-1)73(56-27-11-2-12-28-56)67-49-45-63(77-67)71(64-46-50-68(78-64)74(57-29-13-3-14-30-57)58-31-15-4-16-32-58)53-41-43-54(44-42-53)72(65-47-51-69(79-65)75(59-33-17-5-18-34-59)60-35-19-6-20-36-60)66-48-52-70(80-66)76(61-37-21-7-22-38-61)62-39-23-8-24-40-62;2*2-1(3,4)5/h1-52H;2*(H,2,3,4,5)/q+2;;/p-2. The third-order valence-electron chi connectivity index (χ3n) is 13.8. The van der Waals surface area contributed by atoms with Crippen molar-refractivity contribution in [3.63, 3.8) is 0 Å². The highest BCUT2D eigenvalue weighted by molar-refractivity contribution is 7.19. The Labute approximate surface area is 542 Å². The molecule has 4 aromatic heterocycles. The van der Waals surface area contributed by atoms with Crippen LogP contribution >= 0.6 is 45.3 Å². The van der Waals surface area contributed by atoms with Crippen LogP contribution in [0.15, 0.2) is 315 Å². The number of para-hydroxylation sites is 8. The average Bonchev–Trinajstić information content (AvgIpc) is 1.76. The highest BCUT2D eigenvalue weighted by Gasteiger charge is 2.34. The van der Waals surface area contributed by atoms with Gasteiger partial charge < -0.3 is 19.6 Å². The van der Waals surface area contributed by atoms with Crippen LogP contribution in [-0.2, 0) is 0 Å². The lowest BCUT2D eigenvalue weighted by Crippen LogP contribution is -2.68. The summed E-state index contributed by atoms with van der Waals surface area (Å²) < 4.78 is 67.9. The summed E-state index contributed by atoms with van der Waals surface area (Å²) in [6.07, 6.45) is 0. The van der Waals surface area contributed by atoms with E-state index >= 15 is 0 Å². The lowest BCUT2D eigenvalue weighted by atomic mass is 9.90. The van der Waals surface area contributed by atoms with Crippen molar-refractivity contribution in [2.75, 3.05) is 19.6 Å². The summed E-state index contributed by atoms with van der Waals surface area (Å²) in [5, 5.41) is 4.54. The lowest BCUT2D eigenvalue weighted by molar-refractivity contribution is -2.00. The van der Waals surface area contributed by atoms with E-state index in [0.29, 0.717) is 0 Å². The fourth-order valence-corrected chi connectivity index (χ4v) is 14.8. The molecule has 13 aromatic rings. The van der Waals surface area contributed by atoms with Gasteiger partial charge in [-0.25, -0.2) is 37.3 Å². The van der Waals surface area contributed by atoms with Crippen LogP contribution in [0.3, 0.4) is 0 Å². The lowest BCUT2D eigenvalue weighted by Gasteiger charge is -2.23. The summed E-state index contributed by atoms with van der Waals surface area (Å²) in [4.78, 5) is 14.2. The van der Waals surface area contributed by atoms with Crippen molar-refractivity contribution in [2.24, 2.45) is 0 Å². The highest BCUT2D eigenvalue weighted by Crippen LogP contribution is 2.50. The Kier molecular flexibility index (Phi) is 20.2. The fourth-order valence-electron chi connectivity index (χ4n) is 10.2. The first kappa shape index (κ1) is 62.6. The second-order valence-electron chi connectivity index (χ2n) is 19.7. The minimum Gasteiger partial charge on any atom is -0.301 e. The molecule has 9 aromatic carbocycles. The van der Waals surface area contributed by atoms with Gasteiger partial charge in [0, 0.05) is 118 Å². The molecular weight excluding hydrogens is 1250 g/mol. The second-order valence-corrected chi connectivity index (χ2v) is 25.4. The van der Waals surface area contributed by atoms with Gasteiger partial charge in [-0.3, -0.25) is 0 Å². The molecule has 0 amide bonds. The molecule has 0 spiro atoms. The van der Waals surface area contributed by atoms with E-state index in [0.717, 1.165) is 76.6 Å². The van der Waals surface area contributed by atoms with Crippen LogP contribution in [0, 0.1) is 32.3 Å². The molecule has 4 heterocycles. The van der Waals surface area contributed by atoms with Crippen LogP contribution in [0.5, 0.6) is 0 Å². The molecule has 13 rings (SSSR count). The summed E-state index contributed by atoms with van der Waals surface area (Å²) in [6.45, 7) is 0. The molecule has 0 fully saturated rings. The summed E-state index contributed by atoms with van der Waals surface area (Å²) in [5.74, 6) is 2.37. The SMILES string of the molecule is [O-][Cl+3]([O-])([O-])[O-].[O-][Cl+3]([O-])([O-])[O-].c1ccc(N(c2ccccc2)c2ccc([C+](c3ccc([C+](c4ccc(N(c5ccccc5)c5ccccc5)s4)c4ccc(N(c5ccccc5)c5ccccc5)s4)cc3)c3ccc(N(c4ccccc4)c4ccccc4)s3)s2)cc1. The van der Waals surface area contributed by atoms with Gasteiger partial charge in [0.2, 0.25) is 0 Å². The number of rotatable bonds is 18. The Hall–Kier alpha value is -9.02. The Morgan fingerprint density at radius 3 is 0.489 bits per heavy atom. The molecule has 0 unspecified atom stereocenters. The van der Waals surface area contributed by atoms with Gasteiger partial charge in [-0.05, 0) is 97.1 Å². The van der Waals surface area contributed by atoms with Crippen LogP contribution in [0.4, 0.5) is 65.5 Å². The molecule has 0 saturated carbocycles. The zero-order chi connectivity index (χ0) is 62.5. The van der Waals surface area contributed by atoms with E-state index in [-0.39, 0.29) is 0 Å². The number of benzene rings is 9. The minimum atomic E-state index is -4.94. The van der Waals surface area contributed by atoms with E-state index in [4.69, 9.17) is 37.3 Å².